The van der Waals surface area contributed by atoms with E-state index in [-0.39, 0.29) is 6.61 Å². The Hall–Kier alpha value is -2.10. The van der Waals surface area contributed by atoms with Crippen molar-refractivity contribution in [3.05, 3.63) is 71.1 Å². The van der Waals surface area contributed by atoms with E-state index in [0.717, 1.165) is 11.4 Å². The molecule has 0 fully saturated rings. The number of fused-ring (bicyclic) bond motifs is 3. The van der Waals surface area contributed by atoms with E-state index in [0.29, 0.717) is 0 Å². The SMILES string of the molecule is OCc1cc2c3ccccc3n(Cc3ccccc3)c2s1. The molecule has 0 aliphatic carbocycles. The smallest absolute Gasteiger partial charge is 0.104 e. The summed E-state index contributed by atoms with van der Waals surface area (Å²) < 4.78 is 2.35. The lowest BCUT2D eigenvalue weighted by Crippen LogP contribution is -1.97. The number of rotatable bonds is 3. The van der Waals surface area contributed by atoms with E-state index in [4.69, 9.17) is 0 Å². The van der Waals surface area contributed by atoms with Crippen LogP contribution in [0.4, 0.5) is 0 Å². The average molecular weight is 293 g/mol. The second kappa shape index (κ2) is 5.02. The Morgan fingerprint density at radius 2 is 1.67 bits per heavy atom. The molecule has 0 atom stereocenters. The number of thiophene rings is 1. The summed E-state index contributed by atoms with van der Waals surface area (Å²) in [4.78, 5) is 2.26. The molecule has 0 spiro atoms. The molecule has 2 aromatic carbocycles. The van der Waals surface area contributed by atoms with Crippen LogP contribution in [0.2, 0.25) is 0 Å². The summed E-state index contributed by atoms with van der Waals surface area (Å²) in [6.07, 6.45) is 0. The highest BCUT2D eigenvalue weighted by atomic mass is 32.1. The maximum atomic E-state index is 9.41. The number of para-hydroxylation sites is 1. The van der Waals surface area contributed by atoms with Crippen LogP contribution >= 0.6 is 11.3 Å². The molecule has 0 aliphatic rings. The Labute approximate surface area is 126 Å². The van der Waals surface area contributed by atoms with Gasteiger partial charge in [-0.05, 0) is 17.7 Å². The lowest BCUT2D eigenvalue weighted by atomic mass is 10.2. The third-order valence-electron chi connectivity index (χ3n) is 3.83. The predicted octanol–water partition coefficient (Wildman–Crippen LogP) is 4.40. The molecule has 0 amide bonds. The molecule has 4 aromatic rings. The van der Waals surface area contributed by atoms with Crippen molar-refractivity contribution in [3.63, 3.8) is 0 Å². The minimum Gasteiger partial charge on any atom is -0.391 e. The Balaban J connectivity index is 1.97. The van der Waals surface area contributed by atoms with Crippen LogP contribution in [0.5, 0.6) is 0 Å². The van der Waals surface area contributed by atoms with Gasteiger partial charge in [0.1, 0.15) is 4.83 Å². The molecule has 3 heteroatoms. The van der Waals surface area contributed by atoms with Crippen LogP contribution in [0, 0.1) is 0 Å². The molecule has 0 aliphatic heterocycles. The number of hydrogen-bond acceptors (Lipinski definition) is 2. The van der Waals surface area contributed by atoms with Crippen molar-refractivity contribution in [2.45, 2.75) is 13.2 Å². The highest BCUT2D eigenvalue weighted by molar-refractivity contribution is 7.18. The third kappa shape index (κ3) is 2.06. The Morgan fingerprint density at radius 1 is 0.905 bits per heavy atom. The number of aromatic nitrogens is 1. The number of benzene rings is 2. The van der Waals surface area contributed by atoms with Crippen molar-refractivity contribution < 1.29 is 5.11 Å². The standard InChI is InChI=1S/C18H15NOS/c20-12-14-10-16-15-8-4-5-9-17(15)19(18(16)21-14)11-13-6-2-1-3-7-13/h1-10,20H,11-12H2. The summed E-state index contributed by atoms with van der Waals surface area (Å²) in [6.45, 7) is 0.968. The number of nitrogens with zero attached hydrogens (tertiary/aromatic N) is 1. The zero-order chi connectivity index (χ0) is 14.2. The van der Waals surface area contributed by atoms with E-state index < -0.39 is 0 Å². The lowest BCUT2D eigenvalue weighted by Gasteiger charge is -2.06. The molecule has 4 rings (SSSR count). The Morgan fingerprint density at radius 3 is 2.48 bits per heavy atom. The van der Waals surface area contributed by atoms with Gasteiger partial charge in [0.25, 0.3) is 0 Å². The van der Waals surface area contributed by atoms with Crippen LogP contribution in [-0.4, -0.2) is 9.67 Å². The lowest BCUT2D eigenvalue weighted by molar-refractivity contribution is 0.285. The van der Waals surface area contributed by atoms with Gasteiger partial charge in [0.05, 0.1) is 12.1 Å². The van der Waals surface area contributed by atoms with Crippen LogP contribution in [0.25, 0.3) is 21.1 Å². The van der Waals surface area contributed by atoms with E-state index in [1.165, 1.54) is 26.7 Å². The molecule has 0 saturated carbocycles. The van der Waals surface area contributed by atoms with Gasteiger partial charge in [-0.25, -0.2) is 0 Å². The third-order valence-corrected chi connectivity index (χ3v) is 4.98. The normalized spacial score (nSPS) is 11.5. The van der Waals surface area contributed by atoms with Gasteiger partial charge < -0.3 is 9.67 Å². The van der Waals surface area contributed by atoms with Crippen molar-refractivity contribution in [2.24, 2.45) is 0 Å². The van der Waals surface area contributed by atoms with Gasteiger partial charge in [-0.15, -0.1) is 11.3 Å². The van der Waals surface area contributed by atoms with Gasteiger partial charge in [0.2, 0.25) is 0 Å². The van der Waals surface area contributed by atoms with Crippen LogP contribution in [-0.2, 0) is 13.2 Å². The molecule has 104 valence electrons. The molecule has 2 heterocycles. The Bertz CT molecular complexity index is 905. The average Bonchev–Trinajstić information content (AvgIpc) is 3.08. The molecular formula is C18H15NOS. The molecule has 1 N–H and O–H groups in total. The summed E-state index contributed by atoms with van der Waals surface area (Å²) in [5, 5.41) is 11.9. The first-order valence-corrected chi connectivity index (χ1v) is 7.83. The minimum absolute atomic E-state index is 0.110. The highest BCUT2D eigenvalue weighted by Crippen LogP contribution is 2.35. The maximum Gasteiger partial charge on any atom is 0.104 e. The molecule has 0 unspecified atom stereocenters. The van der Waals surface area contributed by atoms with Crippen molar-refractivity contribution >= 4 is 32.5 Å². The van der Waals surface area contributed by atoms with Gasteiger partial charge in [-0.3, -0.25) is 0 Å². The summed E-state index contributed by atoms with van der Waals surface area (Å²) >= 11 is 1.68. The second-order valence-electron chi connectivity index (χ2n) is 5.18. The summed E-state index contributed by atoms with van der Waals surface area (Å²) in [5.74, 6) is 0. The largest absolute Gasteiger partial charge is 0.391 e. The summed E-state index contributed by atoms with van der Waals surface area (Å²) in [6, 6.07) is 21.1. The zero-order valence-corrected chi connectivity index (χ0v) is 12.3. The quantitative estimate of drug-likeness (QED) is 0.595. The first kappa shape index (κ1) is 12.6. The van der Waals surface area contributed by atoms with Gasteiger partial charge in [-0.1, -0.05) is 48.5 Å². The fourth-order valence-corrected chi connectivity index (χ4v) is 3.91. The first-order valence-electron chi connectivity index (χ1n) is 7.01. The number of aliphatic hydroxyl groups is 1. The van der Waals surface area contributed by atoms with Gasteiger partial charge >= 0.3 is 0 Å². The van der Waals surface area contributed by atoms with E-state index in [2.05, 4.69) is 59.2 Å². The molecular weight excluding hydrogens is 278 g/mol. The first-order chi connectivity index (χ1) is 10.4. The van der Waals surface area contributed by atoms with Gasteiger partial charge in [-0.2, -0.15) is 0 Å². The molecule has 0 bridgehead atoms. The van der Waals surface area contributed by atoms with E-state index in [9.17, 15) is 5.11 Å². The topological polar surface area (TPSA) is 25.2 Å². The highest BCUT2D eigenvalue weighted by Gasteiger charge is 2.13. The minimum atomic E-state index is 0.110. The fourth-order valence-electron chi connectivity index (χ4n) is 2.87. The molecule has 0 radical (unpaired) electrons. The predicted molar refractivity (Wildman–Crippen MR) is 88.8 cm³/mol. The summed E-state index contributed by atoms with van der Waals surface area (Å²) in [5.41, 5.74) is 2.55. The fraction of sp³-hybridized carbons (Fsp3) is 0.111. The van der Waals surface area contributed by atoms with Crippen LogP contribution in [0.15, 0.2) is 60.7 Å². The van der Waals surface area contributed by atoms with E-state index >= 15 is 0 Å². The van der Waals surface area contributed by atoms with Crippen molar-refractivity contribution in [2.75, 3.05) is 0 Å². The van der Waals surface area contributed by atoms with Crippen LogP contribution in [0.1, 0.15) is 10.4 Å². The Kier molecular flexibility index (Phi) is 3.02. The number of aliphatic hydroxyl groups excluding tert-OH is 1. The number of hydrogen-bond donors (Lipinski definition) is 1. The van der Waals surface area contributed by atoms with Crippen molar-refractivity contribution in [1.82, 2.24) is 4.57 Å². The molecule has 0 saturated heterocycles. The van der Waals surface area contributed by atoms with E-state index in [1.807, 2.05) is 6.07 Å². The van der Waals surface area contributed by atoms with Crippen LogP contribution < -0.4 is 0 Å². The maximum absolute atomic E-state index is 9.41. The van der Waals surface area contributed by atoms with Crippen molar-refractivity contribution in [3.8, 4) is 0 Å². The van der Waals surface area contributed by atoms with Crippen molar-refractivity contribution in [1.29, 1.82) is 0 Å². The molecule has 2 nitrogen and oxygen atoms in total. The zero-order valence-electron chi connectivity index (χ0n) is 11.5. The van der Waals surface area contributed by atoms with Gasteiger partial charge in [0, 0.05) is 22.2 Å². The van der Waals surface area contributed by atoms with E-state index in [1.54, 1.807) is 11.3 Å². The molecule has 21 heavy (non-hydrogen) atoms. The van der Waals surface area contributed by atoms with Crippen LogP contribution in [0.3, 0.4) is 0 Å². The molecule has 2 aromatic heterocycles. The monoisotopic (exact) mass is 293 g/mol. The van der Waals surface area contributed by atoms with Gasteiger partial charge in [0.15, 0.2) is 0 Å². The summed E-state index contributed by atoms with van der Waals surface area (Å²) in [7, 11) is 0. The second-order valence-corrected chi connectivity index (χ2v) is 6.29.